The molecule has 0 aliphatic carbocycles. The van der Waals surface area contributed by atoms with Crippen LogP contribution in [0, 0.1) is 21.0 Å². The van der Waals surface area contributed by atoms with E-state index in [1.807, 2.05) is 0 Å². The zero-order chi connectivity index (χ0) is 14.0. The predicted molar refractivity (Wildman–Crippen MR) is 73.4 cm³/mol. The van der Waals surface area contributed by atoms with Crippen molar-refractivity contribution in [3.8, 4) is 0 Å². The average molecular weight is 377 g/mol. The molecule has 0 heterocycles. The molecule has 19 heavy (non-hydrogen) atoms. The van der Waals surface area contributed by atoms with Gasteiger partial charge in [0, 0.05) is 27.0 Å². The van der Waals surface area contributed by atoms with E-state index < -0.39 is 23.4 Å². The zero-order valence-corrected chi connectivity index (χ0v) is 11.5. The number of benzene rings is 2. The molecule has 0 bridgehead atoms. The quantitative estimate of drug-likeness (QED) is 0.623. The highest BCUT2D eigenvalue weighted by atomic mass is 127. The molecule has 98 valence electrons. The van der Waals surface area contributed by atoms with Gasteiger partial charge in [-0.2, -0.15) is 0 Å². The minimum Gasteiger partial charge on any atom is -0.322 e. The Kier molecular flexibility index (Phi) is 4.08. The third-order valence-corrected chi connectivity index (χ3v) is 3.07. The number of amides is 1. The summed E-state index contributed by atoms with van der Waals surface area (Å²) < 4.78 is 39.7. The van der Waals surface area contributed by atoms with Gasteiger partial charge in [0.2, 0.25) is 0 Å². The molecule has 0 aliphatic heterocycles. The number of carbonyl (C=O) groups is 1. The van der Waals surface area contributed by atoms with Crippen molar-refractivity contribution in [2.45, 2.75) is 0 Å². The number of hydrogen-bond donors (Lipinski definition) is 1. The number of halogens is 4. The summed E-state index contributed by atoms with van der Waals surface area (Å²) in [5.74, 6) is -4.79. The maximum Gasteiger partial charge on any atom is 0.255 e. The van der Waals surface area contributed by atoms with E-state index in [-0.39, 0.29) is 5.69 Å². The predicted octanol–water partition coefficient (Wildman–Crippen LogP) is 3.96. The van der Waals surface area contributed by atoms with Gasteiger partial charge in [0.15, 0.2) is 17.5 Å². The van der Waals surface area contributed by atoms with Crippen LogP contribution in [0.2, 0.25) is 0 Å². The highest BCUT2D eigenvalue weighted by Gasteiger charge is 2.12. The summed E-state index contributed by atoms with van der Waals surface area (Å²) in [6.07, 6.45) is 0. The van der Waals surface area contributed by atoms with Gasteiger partial charge in [0.25, 0.3) is 5.91 Å². The highest BCUT2D eigenvalue weighted by Crippen LogP contribution is 2.18. The molecule has 0 atom stereocenters. The third kappa shape index (κ3) is 3.25. The van der Waals surface area contributed by atoms with Crippen LogP contribution in [-0.4, -0.2) is 5.91 Å². The maximum absolute atomic E-state index is 13.0. The molecule has 0 saturated carbocycles. The Morgan fingerprint density at radius 3 is 2.05 bits per heavy atom. The average Bonchev–Trinajstić information content (AvgIpc) is 2.36. The lowest BCUT2D eigenvalue weighted by Gasteiger charge is -2.06. The fraction of sp³-hybridized carbons (Fsp3) is 0. The zero-order valence-electron chi connectivity index (χ0n) is 9.38. The lowest BCUT2D eigenvalue weighted by atomic mass is 10.2. The molecule has 2 rings (SSSR count). The molecule has 6 heteroatoms. The van der Waals surface area contributed by atoms with Crippen LogP contribution in [0.1, 0.15) is 10.4 Å². The Hall–Kier alpha value is -1.57. The molecule has 0 unspecified atom stereocenters. The number of rotatable bonds is 2. The summed E-state index contributed by atoms with van der Waals surface area (Å²) >= 11 is 2.08. The molecule has 0 fully saturated rings. The molecule has 2 nitrogen and oxygen atoms in total. The van der Waals surface area contributed by atoms with Crippen molar-refractivity contribution < 1.29 is 18.0 Å². The smallest absolute Gasteiger partial charge is 0.255 e. The molecule has 1 N–H and O–H groups in total. The van der Waals surface area contributed by atoms with Gasteiger partial charge in [-0.3, -0.25) is 4.79 Å². The van der Waals surface area contributed by atoms with Crippen molar-refractivity contribution in [2.75, 3.05) is 5.32 Å². The Balaban J connectivity index is 2.22. The van der Waals surface area contributed by atoms with Crippen LogP contribution in [0.5, 0.6) is 0 Å². The summed E-state index contributed by atoms with van der Waals surface area (Å²) in [5.41, 5.74) is 0.200. The first kappa shape index (κ1) is 13.9. The second-order valence-electron chi connectivity index (χ2n) is 3.71. The SMILES string of the molecule is O=C(Nc1cc(F)c(F)c(F)c1)c1ccc(I)cc1. The van der Waals surface area contributed by atoms with Crippen molar-refractivity contribution in [1.29, 1.82) is 0 Å². The van der Waals surface area contributed by atoms with Crippen molar-refractivity contribution in [3.05, 3.63) is 63.0 Å². The van der Waals surface area contributed by atoms with Crippen molar-refractivity contribution in [2.24, 2.45) is 0 Å². The second kappa shape index (κ2) is 5.60. The lowest BCUT2D eigenvalue weighted by Crippen LogP contribution is -2.12. The lowest BCUT2D eigenvalue weighted by molar-refractivity contribution is 0.102. The molecule has 0 spiro atoms. The minimum absolute atomic E-state index is 0.139. The van der Waals surface area contributed by atoms with E-state index >= 15 is 0 Å². The number of hydrogen-bond acceptors (Lipinski definition) is 1. The van der Waals surface area contributed by atoms with E-state index in [1.165, 1.54) is 0 Å². The second-order valence-corrected chi connectivity index (χ2v) is 4.96. The van der Waals surface area contributed by atoms with Gasteiger partial charge in [-0.1, -0.05) is 0 Å². The molecule has 0 aromatic heterocycles. The summed E-state index contributed by atoms with van der Waals surface area (Å²) in [4.78, 5) is 11.8. The molecular formula is C13H7F3INO. The fourth-order valence-corrected chi connectivity index (χ4v) is 1.79. The third-order valence-electron chi connectivity index (χ3n) is 2.35. The molecule has 0 aliphatic rings. The molecular weight excluding hydrogens is 370 g/mol. The van der Waals surface area contributed by atoms with E-state index in [4.69, 9.17) is 0 Å². The summed E-state index contributed by atoms with van der Waals surface area (Å²) in [6, 6.07) is 8.05. The first-order chi connectivity index (χ1) is 8.97. The monoisotopic (exact) mass is 377 g/mol. The van der Waals surface area contributed by atoms with Crippen LogP contribution in [-0.2, 0) is 0 Å². The van der Waals surface area contributed by atoms with Crippen LogP contribution < -0.4 is 5.32 Å². The molecule has 2 aromatic rings. The largest absolute Gasteiger partial charge is 0.322 e. The van der Waals surface area contributed by atoms with E-state index in [0.717, 1.165) is 15.7 Å². The maximum atomic E-state index is 13.0. The molecule has 2 aromatic carbocycles. The standard InChI is InChI=1S/C13H7F3INO/c14-10-5-9(6-11(15)12(10)16)18-13(19)7-1-3-8(17)4-2-7/h1-6H,(H,18,19). The van der Waals surface area contributed by atoms with Gasteiger partial charge in [-0.05, 0) is 46.9 Å². The van der Waals surface area contributed by atoms with Crippen LogP contribution in [0.25, 0.3) is 0 Å². The van der Waals surface area contributed by atoms with Crippen molar-refractivity contribution in [1.82, 2.24) is 0 Å². The van der Waals surface area contributed by atoms with Gasteiger partial charge in [-0.15, -0.1) is 0 Å². The molecule has 0 radical (unpaired) electrons. The molecule has 1 amide bonds. The van der Waals surface area contributed by atoms with Crippen molar-refractivity contribution in [3.63, 3.8) is 0 Å². The number of anilines is 1. The Morgan fingerprint density at radius 2 is 1.53 bits per heavy atom. The normalized spacial score (nSPS) is 10.3. The molecule has 0 saturated heterocycles. The Morgan fingerprint density at radius 1 is 1.00 bits per heavy atom. The van der Waals surface area contributed by atoms with Crippen LogP contribution in [0.4, 0.5) is 18.9 Å². The van der Waals surface area contributed by atoms with Crippen LogP contribution >= 0.6 is 22.6 Å². The minimum atomic E-state index is -1.56. The van der Waals surface area contributed by atoms with E-state index in [1.54, 1.807) is 24.3 Å². The summed E-state index contributed by atoms with van der Waals surface area (Å²) in [7, 11) is 0. The number of carbonyl (C=O) groups excluding carboxylic acids is 1. The fourth-order valence-electron chi connectivity index (χ4n) is 1.43. The first-order valence-corrected chi connectivity index (χ1v) is 6.26. The van der Waals surface area contributed by atoms with E-state index in [2.05, 4.69) is 27.9 Å². The van der Waals surface area contributed by atoms with Gasteiger partial charge in [0.1, 0.15) is 0 Å². The van der Waals surface area contributed by atoms with Crippen LogP contribution in [0.15, 0.2) is 36.4 Å². The first-order valence-electron chi connectivity index (χ1n) is 5.19. The number of nitrogens with one attached hydrogen (secondary N) is 1. The van der Waals surface area contributed by atoms with Crippen molar-refractivity contribution >= 4 is 34.2 Å². The summed E-state index contributed by atoms with van der Waals surface area (Å²) in [6.45, 7) is 0. The van der Waals surface area contributed by atoms with Gasteiger partial charge in [0.05, 0.1) is 0 Å². The Bertz CT molecular complexity index is 605. The van der Waals surface area contributed by atoms with E-state index in [0.29, 0.717) is 5.56 Å². The van der Waals surface area contributed by atoms with E-state index in [9.17, 15) is 18.0 Å². The Labute approximate surface area is 120 Å². The highest BCUT2D eigenvalue weighted by molar-refractivity contribution is 14.1. The van der Waals surface area contributed by atoms with Gasteiger partial charge < -0.3 is 5.32 Å². The summed E-state index contributed by atoms with van der Waals surface area (Å²) in [5, 5.41) is 2.30. The van der Waals surface area contributed by atoms with Gasteiger partial charge >= 0.3 is 0 Å². The topological polar surface area (TPSA) is 29.1 Å². The van der Waals surface area contributed by atoms with Crippen LogP contribution in [0.3, 0.4) is 0 Å². The van der Waals surface area contributed by atoms with Gasteiger partial charge in [-0.25, -0.2) is 13.2 Å².